The van der Waals surface area contributed by atoms with Gasteiger partial charge in [0.1, 0.15) is 42.7 Å². The van der Waals surface area contributed by atoms with Crippen LogP contribution in [0.15, 0.2) is 60.8 Å². The minimum absolute atomic E-state index is 0.0888. The number of aliphatic hydroxyl groups is 5. The average Bonchev–Trinajstić information content (AvgIpc) is 3.29. The Morgan fingerprint density at radius 1 is 0.492 bits per heavy atom. The Labute approximate surface area is 394 Å². The monoisotopic (exact) mass is 941 g/mol. The number of phosphoric ester groups is 1. The molecule has 1 rings (SSSR count). The zero-order valence-corrected chi connectivity index (χ0v) is 41.4. The number of allylic oxidation sites excluding steroid dienone is 10. The van der Waals surface area contributed by atoms with E-state index in [4.69, 9.17) is 18.5 Å². The molecule has 0 amide bonds. The molecule has 0 spiro atoms. The van der Waals surface area contributed by atoms with Crippen molar-refractivity contribution >= 4 is 13.8 Å². The summed E-state index contributed by atoms with van der Waals surface area (Å²) in [7, 11) is -5.03. The van der Waals surface area contributed by atoms with E-state index in [1.165, 1.54) is 89.9 Å². The summed E-state index contributed by atoms with van der Waals surface area (Å²) in [6, 6.07) is 0. The van der Waals surface area contributed by atoms with Crippen molar-refractivity contribution in [2.24, 2.45) is 0 Å². The van der Waals surface area contributed by atoms with Gasteiger partial charge in [-0.25, -0.2) is 4.57 Å². The summed E-state index contributed by atoms with van der Waals surface area (Å²) < 4.78 is 34.3. The molecule has 0 aromatic rings. The Morgan fingerprint density at radius 2 is 0.862 bits per heavy atom. The number of hydrogen-bond acceptors (Lipinski definition) is 11. The third kappa shape index (κ3) is 34.1. The van der Waals surface area contributed by atoms with Crippen LogP contribution in [0.25, 0.3) is 0 Å². The maximum Gasteiger partial charge on any atom is 0.472 e. The number of carbonyl (C=O) groups excluding carboxylic acids is 1. The van der Waals surface area contributed by atoms with Crippen LogP contribution in [-0.2, 0) is 27.9 Å². The first-order valence-electron chi connectivity index (χ1n) is 25.6. The molecule has 0 saturated heterocycles. The third-order valence-corrected chi connectivity index (χ3v) is 12.6. The van der Waals surface area contributed by atoms with Gasteiger partial charge >= 0.3 is 13.8 Å². The Balaban J connectivity index is 2.37. The summed E-state index contributed by atoms with van der Waals surface area (Å²) in [5, 5.41) is 50.3. The van der Waals surface area contributed by atoms with E-state index in [-0.39, 0.29) is 13.0 Å². The Hall–Kier alpha value is -1.96. The van der Waals surface area contributed by atoms with Gasteiger partial charge < -0.3 is 39.9 Å². The number of phosphoric acid groups is 1. The molecular weight excluding hydrogens is 848 g/mol. The predicted molar refractivity (Wildman–Crippen MR) is 262 cm³/mol. The van der Waals surface area contributed by atoms with Crippen LogP contribution in [0, 0.1) is 0 Å². The van der Waals surface area contributed by atoms with Gasteiger partial charge in [0, 0.05) is 13.0 Å². The summed E-state index contributed by atoms with van der Waals surface area (Å²) >= 11 is 0. The van der Waals surface area contributed by atoms with Gasteiger partial charge in [0.05, 0.1) is 13.2 Å². The van der Waals surface area contributed by atoms with E-state index in [0.29, 0.717) is 13.0 Å². The van der Waals surface area contributed by atoms with Gasteiger partial charge in [0.15, 0.2) is 0 Å². The molecule has 6 N–H and O–H groups in total. The second-order valence-electron chi connectivity index (χ2n) is 17.7. The van der Waals surface area contributed by atoms with Crippen LogP contribution < -0.4 is 0 Å². The highest BCUT2D eigenvalue weighted by Crippen LogP contribution is 2.47. The number of ether oxygens (including phenoxy) is 2. The fraction of sp³-hybridized carbons (Fsp3) is 0.788. The maximum atomic E-state index is 12.9. The summed E-state index contributed by atoms with van der Waals surface area (Å²) in [5.74, 6) is -0.490. The molecule has 0 bridgehead atoms. The van der Waals surface area contributed by atoms with Crippen LogP contribution in [0.5, 0.6) is 0 Å². The molecule has 1 fully saturated rings. The molecule has 0 heterocycles. The number of esters is 1. The minimum atomic E-state index is -5.03. The van der Waals surface area contributed by atoms with Gasteiger partial charge in [-0.05, 0) is 83.5 Å². The molecule has 12 nitrogen and oxygen atoms in total. The van der Waals surface area contributed by atoms with Gasteiger partial charge in [0.25, 0.3) is 0 Å². The molecule has 1 aliphatic carbocycles. The SMILES string of the molecule is CCCCC/C=C\C/C=C\C/C=C\CCCCCCCCCOCC(COP(=O)(O)OC1C(O)C(O)C(O)C(O)C1O)OC(=O)CCCCCCCCC/C=C\C/C=C\CCCCCC. The van der Waals surface area contributed by atoms with Crippen molar-refractivity contribution in [1.82, 2.24) is 0 Å². The lowest BCUT2D eigenvalue weighted by Crippen LogP contribution is -2.64. The van der Waals surface area contributed by atoms with Crippen molar-refractivity contribution in [1.29, 1.82) is 0 Å². The normalized spacial score (nSPS) is 22.0. The second-order valence-corrected chi connectivity index (χ2v) is 19.1. The Kier molecular flexibility index (Phi) is 39.6. The van der Waals surface area contributed by atoms with Crippen LogP contribution in [0.4, 0.5) is 0 Å². The van der Waals surface area contributed by atoms with Gasteiger partial charge in [-0.2, -0.15) is 0 Å². The van der Waals surface area contributed by atoms with Crippen molar-refractivity contribution in [3.8, 4) is 0 Å². The third-order valence-electron chi connectivity index (χ3n) is 11.6. The largest absolute Gasteiger partial charge is 0.472 e. The van der Waals surface area contributed by atoms with Crippen molar-refractivity contribution in [3.63, 3.8) is 0 Å². The minimum Gasteiger partial charge on any atom is -0.457 e. The molecule has 1 aliphatic rings. The fourth-order valence-corrected chi connectivity index (χ4v) is 8.48. The molecule has 13 heteroatoms. The molecule has 1 saturated carbocycles. The second kappa shape index (κ2) is 42.2. The molecular formula is C52H93O12P. The molecule has 6 unspecified atom stereocenters. The van der Waals surface area contributed by atoms with Crippen molar-refractivity contribution in [2.45, 2.75) is 243 Å². The summed E-state index contributed by atoms with van der Waals surface area (Å²) in [6.45, 7) is 4.19. The van der Waals surface area contributed by atoms with E-state index in [1.807, 2.05) is 0 Å². The quantitative estimate of drug-likeness (QED) is 0.0147. The van der Waals surface area contributed by atoms with E-state index in [0.717, 1.165) is 83.5 Å². The molecule has 0 aromatic heterocycles. The van der Waals surface area contributed by atoms with Crippen LogP contribution in [0.2, 0.25) is 0 Å². The van der Waals surface area contributed by atoms with E-state index < -0.39 is 63.1 Å². The van der Waals surface area contributed by atoms with Crippen LogP contribution in [0.1, 0.15) is 200 Å². The zero-order valence-electron chi connectivity index (χ0n) is 40.5. The van der Waals surface area contributed by atoms with E-state index in [9.17, 15) is 39.8 Å². The highest BCUT2D eigenvalue weighted by molar-refractivity contribution is 7.47. The highest BCUT2D eigenvalue weighted by atomic mass is 31.2. The summed E-state index contributed by atoms with van der Waals surface area (Å²) in [5.41, 5.74) is 0. The molecule has 0 radical (unpaired) electrons. The molecule has 0 aliphatic heterocycles. The summed E-state index contributed by atoms with van der Waals surface area (Å²) in [6.07, 6.45) is 41.3. The lowest BCUT2D eigenvalue weighted by Gasteiger charge is -2.41. The standard InChI is InChI=1S/C52H93O12P/c1-3-5-7-9-11-13-15-17-19-21-23-24-26-28-30-32-34-36-38-40-42-61-43-45(44-62-65(59,60)64-52-50(57)48(55)47(54)49(56)51(52)58)63-46(53)41-39-37-35-33-31-29-27-25-22-20-18-16-14-12-10-8-6-4-2/h11,13-14,16-17,19-20,22-24,45,47-52,54-58H,3-10,12,15,18,21,25-44H2,1-2H3,(H,59,60)/b13-11-,16-14-,19-17-,22-20-,24-23-. The van der Waals surface area contributed by atoms with Crippen molar-refractivity contribution in [3.05, 3.63) is 60.8 Å². The lowest BCUT2D eigenvalue weighted by molar-refractivity contribution is -0.220. The first-order chi connectivity index (χ1) is 31.5. The number of aliphatic hydroxyl groups excluding tert-OH is 5. The smallest absolute Gasteiger partial charge is 0.457 e. The van der Waals surface area contributed by atoms with Crippen molar-refractivity contribution in [2.75, 3.05) is 19.8 Å². The van der Waals surface area contributed by atoms with E-state index >= 15 is 0 Å². The lowest BCUT2D eigenvalue weighted by atomic mass is 9.85. The first-order valence-corrected chi connectivity index (χ1v) is 27.1. The number of carbonyl (C=O) groups is 1. The van der Waals surface area contributed by atoms with Gasteiger partial charge in [-0.15, -0.1) is 0 Å². The van der Waals surface area contributed by atoms with Crippen molar-refractivity contribution < 1.29 is 58.3 Å². The van der Waals surface area contributed by atoms with Crippen LogP contribution in [-0.4, -0.2) is 98.9 Å². The average molecular weight is 941 g/mol. The fourth-order valence-electron chi connectivity index (χ4n) is 7.51. The predicted octanol–water partition coefficient (Wildman–Crippen LogP) is 11.4. The van der Waals surface area contributed by atoms with Gasteiger partial charge in [-0.1, -0.05) is 171 Å². The van der Waals surface area contributed by atoms with E-state index in [2.05, 4.69) is 74.6 Å². The molecule has 378 valence electrons. The molecule has 65 heavy (non-hydrogen) atoms. The maximum absolute atomic E-state index is 12.9. The van der Waals surface area contributed by atoms with E-state index in [1.54, 1.807) is 0 Å². The number of hydrogen-bond donors (Lipinski definition) is 6. The number of rotatable bonds is 43. The highest BCUT2D eigenvalue weighted by Gasteiger charge is 2.51. The van der Waals surface area contributed by atoms with Gasteiger partial charge in [0.2, 0.25) is 0 Å². The molecule has 6 atom stereocenters. The topological polar surface area (TPSA) is 192 Å². The Morgan fingerprint density at radius 3 is 1.34 bits per heavy atom. The molecule has 0 aromatic carbocycles. The Bertz CT molecular complexity index is 1300. The van der Waals surface area contributed by atoms with Gasteiger partial charge in [-0.3, -0.25) is 13.8 Å². The van der Waals surface area contributed by atoms with Crippen LogP contribution >= 0.6 is 7.82 Å². The zero-order chi connectivity index (χ0) is 47.6. The number of unbranched alkanes of at least 4 members (excludes halogenated alkanes) is 21. The first kappa shape index (κ1) is 61.1. The van der Waals surface area contributed by atoms with Crippen LogP contribution in [0.3, 0.4) is 0 Å². The summed E-state index contributed by atoms with van der Waals surface area (Å²) in [4.78, 5) is 23.2.